The highest BCUT2D eigenvalue weighted by Gasteiger charge is 2.53. The van der Waals surface area contributed by atoms with Crippen LogP contribution in [-0.4, -0.2) is 77.9 Å². The molecular formula is C37H46Cl2N4O2S. The highest BCUT2D eigenvalue weighted by Crippen LogP contribution is 2.50. The van der Waals surface area contributed by atoms with Crippen molar-refractivity contribution in [3.8, 4) is 5.75 Å². The van der Waals surface area contributed by atoms with E-state index in [2.05, 4.69) is 57.0 Å². The third-order valence-corrected chi connectivity index (χ3v) is 10.3. The molecule has 0 saturated carbocycles. The van der Waals surface area contributed by atoms with Crippen LogP contribution in [0.15, 0.2) is 71.7 Å². The second-order valence-corrected chi connectivity index (χ2v) is 15.1. The van der Waals surface area contributed by atoms with Gasteiger partial charge in [-0.05, 0) is 97.3 Å². The quantitative estimate of drug-likeness (QED) is 0.212. The number of carbonyl (C=O) groups excluding carboxylic acids is 1. The summed E-state index contributed by atoms with van der Waals surface area (Å²) in [4.78, 5) is 26.8. The third-order valence-electron chi connectivity index (χ3n) is 9.12. The van der Waals surface area contributed by atoms with Crippen molar-refractivity contribution in [1.82, 2.24) is 14.7 Å². The van der Waals surface area contributed by atoms with E-state index in [0.29, 0.717) is 35.6 Å². The fraction of sp³-hybridized carbons (Fsp3) is 0.459. The minimum absolute atomic E-state index is 0.0567. The van der Waals surface area contributed by atoms with Crippen molar-refractivity contribution in [2.24, 2.45) is 4.99 Å². The van der Waals surface area contributed by atoms with E-state index < -0.39 is 11.6 Å². The Bertz CT molecular complexity index is 1530. The average Bonchev–Trinajstić information content (AvgIpc) is 3.35. The van der Waals surface area contributed by atoms with Crippen molar-refractivity contribution in [2.75, 3.05) is 51.3 Å². The lowest BCUT2D eigenvalue weighted by Crippen LogP contribution is -2.58. The molecule has 46 heavy (non-hydrogen) atoms. The Balaban J connectivity index is 1.65. The average molecular weight is 682 g/mol. The molecule has 3 aromatic rings. The molecule has 1 saturated heterocycles. The predicted molar refractivity (Wildman–Crippen MR) is 194 cm³/mol. The summed E-state index contributed by atoms with van der Waals surface area (Å²) in [6.45, 7) is 15.2. The van der Waals surface area contributed by atoms with Gasteiger partial charge in [0.2, 0.25) is 0 Å². The lowest BCUT2D eigenvalue weighted by Gasteiger charge is -2.44. The van der Waals surface area contributed by atoms with E-state index in [0.717, 1.165) is 59.8 Å². The van der Waals surface area contributed by atoms with Crippen LogP contribution in [0.5, 0.6) is 5.75 Å². The van der Waals surface area contributed by atoms with Crippen LogP contribution in [-0.2, 0) is 11.0 Å². The second-order valence-electron chi connectivity index (χ2n) is 13.2. The summed E-state index contributed by atoms with van der Waals surface area (Å²) in [5.41, 5.74) is 2.93. The summed E-state index contributed by atoms with van der Waals surface area (Å²) >= 11 is 14.6. The number of amidine groups is 1. The SMILES string of the molecule is CCOc1cc(C(C)(C)C)ccc1C1=NC(c2ccc(Cl)cc2)[C@@](C)(c2ccc(Cl)cc2)N1C(=O)N1CCN(CCCSC)CC1. The zero-order valence-corrected chi connectivity index (χ0v) is 30.2. The lowest BCUT2D eigenvalue weighted by atomic mass is 9.80. The van der Waals surface area contributed by atoms with Crippen LogP contribution in [0.2, 0.25) is 10.0 Å². The molecule has 6 nitrogen and oxygen atoms in total. The summed E-state index contributed by atoms with van der Waals surface area (Å²) in [6.07, 6.45) is 3.30. The fourth-order valence-corrected chi connectivity index (χ4v) is 7.10. The molecule has 0 spiro atoms. The molecule has 0 aromatic heterocycles. The highest BCUT2D eigenvalue weighted by atomic mass is 35.5. The standard InChI is InChI=1S/C37H46Cl2N4O2S/c1-7-45-32-25-28(36(2,3)4)13-18-31(32)34-40-33(26-9-14-29(38)15-10-26)37(5,27-11-16-30(39)17-12-27)43(34)35(44)42-22-20-41(21-23-42)19-8-24-46-6/h9-18,25,33H,7-8,19-24H2,1-6H3/t33?,37-/m1/s1. The predicted octanol–water partition coefficient (Wildman–Crippen LogP) is 8.90. The monoisotopic (exact) mass is 680 g/mol. The molecule has 0 aliphatic carbocycles. The molecule has 9 heteroatoms. The summed E-state index contributed by atoms with van der Waals surface area (Å²) in [5.74, 6) is 2.48. The molecule has 2 heterocycles. The van der Waals surface area contributed by atoms with Crippen LogP contribution >= 0.6 is 35.0 Å². The molecule has 1 fully saturated rings. The van der Waals surface area contributed by atoms with Gasteiger partial charge in [-0.3, -0.25) is 14.8 Å². The topological polar surface area (TPSA) is 48.4 Å². The van der Waals surface area contributed by atoms with E-state index in [1.807, 2.05) is 77.0 Å². The van der Waals surface area contributed by atoms with E-state index in [-0.39, 0.29) is 11.4 Å². The fourth-order valence-electron chi connectivity index (χ4n) is 6.43. The Morgan fingerprint density at radius 2 is 1.61 bits per heavy atom. The van der Waals surface area contributed by atoms with Gasteiger partial charge in [-0.15, -0.1) is 0 Å². The molecule has 5 rings (SSSR count). The smallest absolute Gasteiger partial charge is 0.326 e. The van der Waals surface area contributed by atoms with Crippen molar-refractivity contribution < 1.29 is 9.53 Å². The zero-order chi connectivity index (χ0) is 33.1. The highest BCUT2D eigenvalue weighted by molar-refractivity contribution is 7.98. The molecule has 246 valence electrons. The van der Waals surface area contributed by atoms with E-state index in [9.17, 15) is 4.79 Å². The summed E-state index contributed by atoms with van der Waals surface area (Å²) in [6, 6.07) is 21.4. The third kappa shape index (κ3) is 7.23. The minimum Gasteiger partial charge on any atom is -0.493 e. The number of aliphatic imine (C=N–C) groups is 1. The van der Waals surface area contributed by atoms with Gasteiger partial charge in [-0.2, -0.15) is 11.8 Å². The number of benzene rings is 3. The van der Waals surface area contributed by atoms with Gasteiger partial charge in [0.1, 0.15) is 17.6 Å². The van der Waals surface area contributed by atoms with Gasteiger partial charge in [-0.1, -0.05) is 74.3 Å². The maximum absolute atomic E-state index is 15.0. The van der Waals surface area contributed by atoms with E-state index in [4.69, 9.17) is 32.9 Å². The molecule has 2 atom stereocenters. The normalized spacial score (nSPS) is 20.6. The zero-order valence-electron chi connectivity index (χ0n) is 27.9. The van der Waals surface area contributed by atoms with Gasteiger partial charge in [0.25, 0.3) is 0 Å². The molecular weight excluding hydrogens is 635 g/mol. The molecule has 3 aromatic carbocycles. The number of hydrogen-bond donors (Lipinski definition) is 0. The molecule has 2 aliphatic rings. The number of amides is 2. The lowest BCUT2D eigenvalue weighted by molar-refractivity contribution is 0.102. The van der Waals surface area contributed by atoms with E-state index in [1.165, 1.54) is 0 Å². The first-order valence-corrected chi connectivity index (χ1v) is 18.3. The molecule has 0 N–H and O–H groups in total. The van der Waals surface area contributed by atoms with Gasteiger partial charge in [0.05, 0.1) is 17.7 Å². The summed E-state index contributed by atoms with van der Waals surface area (Å²) in [7, 11) is 0. The summed E-state index contributed by atoms with van der Waals surface area (Å²) in [5, 5.41) is 1.29. The molecule has 0 radical (unpaired) electrons. The Hall–Kier alpha value is -2.71. The number of ether oxygens (including phenoxy) is 1. The maximum Gasteiger partial charge on any atom is 0.326 e. The molecule has 2 aliphatic heterocycles. The van der Waals surface area contributed by atoms with Crippen molar-refractivity contribution >= 4 is 46.8 Å². The van der Waals surface area contributed by atoms with Gasteiger partial charge >= 0.3 is 6.03 Å². The summed E-state index contributed by atoms with van der Waals surface area (Å²) < 4.78 is 6.29. The first-order valence-electron chi connectivity index (χ1n) is 16.1. The molecule has 0 bridgehead atoms. The van der Waals surface area contributed by atoms with Gasteiger partial charge in [0.15, 0.2) is 0 Å². The molecule has 1 unspecified atom stereocenters. The second kappa shape index (κ2) is 14.6. The van der Waals surface area contributed by atoms with Gasteiger partial charge in [-0.25, -0.2) is 4.79 Å². The Morgan fingerprint density at radius 3 is 2.20 bits per heavy atom. The Kier molecular flexibility index (Phi) is 11.0. The van der Waals surface area contributed by atoms with Gasteiger partial charge in [0, 0.05) is 36.2 Å². The number of piperazine rings is 1. The Morgan fingerprint density at radius 1 is 0.978 bits per heavy atom. The maximum atomic E-state index is 15.0. The number of urea groups is 1. The van der Waals surface area contributed by atoms with E-state index in [1.54, 1.807) is 0 Å². The largest absolute Gasteiger partial charge is 0.493 e. The minimum atomic E-state index is -0.869. The van der Waals surface area contributed by atoms with E-state index >= 15 is 0 Å². The van der Waals surface area contributed by atoms with Crippen LogP contribution in [0.25, 0.3) is 0 Å². The van der Waals surface area contributed by atoms with Crippen molar-refractivity contribution in [3.05, 3.63) is 99.0 Å². The number of halogens is 2. The van der Waals surface area contributed by atoms with Crippen molar-refractivity contribution in [3.63, 3.8) is 0 Å². The first-order chi connectivity index (χ1) is 22.0. The van der Waals surface area contributed by atoms with Crippen LogP contribution in [0.4, 0.5) is 4.79 Å². The number of rotatable bonds is 9. The van der Waals surface area contributed by atoms with Crippen molar-refractivity contribution in [1.29, 1.82) is 0 Å². The number of thioether (sulfide) groups is 1. The van der Waals surface area contributed by atoms with Crippen LogP contribution in [0.3, 0.4) is 0 Å². The number of nitrogens with zero attached hydrogens (tertiary/aromatic N) is 4. The Labute approximate surface area is 289 Å². The van der Waals surface area contributed by atoms with Gasteiger partial charge < -0.3 is 9.64 Å². The van der Waals surface area contributed by atoms with Crippen molar-refractivity contribution in [2.45, 2.75) is 58.0 Å². The van der Waals surface area contributed by atoms with Crippen LogP contribution in [0, 0.1) is 0 Å². The number of hydrogen-bond acceptors (Lipinski definition) is 5. The molecule has 2 amide bonds. The van der Waals surface area contributed by atoms with Crippen LogP contribution in [0.1, 0.15) is 69.3 Å². The first kappa shape index (κ1) is 34.6. The van der Waals surface area contributed by atoms with Crippen LogP contribution < -0.4 is 4.74 Å². The number of carbonyl (C=O) groups is 1.